The summed E-state index contributed by atoms with van der Waals surface area (Å²) in [6.45, 7) is 0.462. The van der Waals surface area contributed by atoms with Crippen molar-refractivity contribution in [1.29, 1.82) is 0 Å². The van der Waals surface area contributed by atoms with E-state index in [1.54, 1.807) is 24.3 Å². The van der Waals surface area contributed by atoms with Crippen LogP contribution in [0.15, 0.2) is 24.3 Å². The fraction of sp³-hybridized carbons (Fsp3) is 0.286. The number of rotatable bonds is 3. The highest BCUT2D eigenvalue weighted by Gasteiger charge is 2.32. The quantitative estimate of drug-likeness (QED) is 0.872. The molecule has 0 aromatic heterocycles. The zero-order valence-electron chi connectivity index (χ0n) is 10.6. The number of nitrogens with zero attached hydrogens (tertiary/aromatic N) is 1. The van der Waals surface area contributed by atoms with Gasteiger partial charge in [0.15, 0.2) is 0 Å². The van der Waals surface area contributed by atoms with Crippen LogP contribution < -0.4 is 0 Å². The van der Waals surface area contributed by atoms with E-state index in [0.29, 0.717) is 35.0 Å². The molecule has 6 heteroatoms. The maximum atomic E-state index is 12.0. The van der Waals surface area contributed by atoms with Crippen molar-refractivity contribution >= 4 is 41.2 Å². The third-order valence-electron chi connectivity index (χ3n) is 3.21. The molecule has 20 heavy (non-hydrogen) atoms. The van der Waals surface area contributed by atoms with Crippen molar-refractivity contribution in [2.24, 2.45) is 0 Å². The second-order valence-electron chi connectivity index (χ2n) is 4.50. The van der Waals surface area contributed by atoms with Crippen molar-refractivity contribution < 1.29 is 14.7 Å². The van der Waals surface area contributed by atoms with Crippen LogP contribution in [-0.4, -0.2) is 34.5 Å². The molecule has 0 aliphatic carbocycles. The Bertz CT molecular complexity index is 572. The predicted molar refractivity (Wildman–Crippen MR) is 77.9 cm³/mol. The Morgan fingerprint density at radius 2 is 2.10 bits per heavy atom. The van der Waals surface area contributed by atoms with Crippen molar-refractivity contribution in [2.75, 3.05) is 6.54 Å². The Balaban J connectivity index is 2.13. The third kappa shape index (κ3) is 3.14. The standard InChI is InChI=1S/C14H13Cl2NO3/c15-10-4-1-3-9(13(10)16)6-7-12(18)17-8-2-5-11(17)14(19)20/h1,3-4,6-7,11H,2,5,8H2,(H,19,20)/b7-6+. The van der Waals surface area contributed by atoms with Crippen molar-refractivity contribution in [1.82, 2.24) is 4.90 Å². The van der Waals surface area contributed by atoms with E-state index >= 15 is 0 Å². The largest absolute Gasteiger partial charge is 0.480 e. The zero-order valence-corrected chi connectivity index (χ0v) is 12.1. The molecule has 1 fully saturated rings. The molecule has 4 nitrogen and oxygen atoms in total. The van der Waals surface area contributed by atoms with Crippen LogP contribution >= 0.6 is 23.2 Å². The molecule has 0 saturated carbocycles. The number of carbonyl (C=O) groups is 2. The first kappa shape index (κ1) is 14.9. The molecule has 1 heterocycles. The topological polar surface area (TPSA) is 57.6 Å². The maximum absolute atomic E-state index is 12.0. The summed E-state index contributed by atoms with van der Waals surface area (Å²) in [5, 5.41) is 9.82. The molecule has 1 aromatic carbocycles. The minimum absolute atomic E-state index is 0.328. The number of carboxylic acids is 1. The minimum Gasteiger partial charge on any atom is -0.480 e. The molecule has 1 unspecified atom stereocenters. The second-order valence-corrected chi connectivity index (χ2v) is 5.29. The lowest BCUT2D eigenvalue weighted by Crippen LogP contribution is -2.39. The van der Waals surface area contributed by atoms with Crippen molar-refractivity contribution in [3.8, 4) is 0 Å². The number of carboxylic acid groups (broad SMARTS) is 1. The first-order chi connectivity index (χ1) is 9.50. The lowest BCUT2D eigenvalue weighted by Gasteiger charge is -2.19. The van der Waals surface area contributed by atoms with Crippen LogP contribution in [0.5, 0.6) is 0 Å². The molecule has 2 rings (SSSR count). The van der Waals surface area contributed by atoms with Gasteiger partial charge in [0.25, 0.3) is 0 Å². The van der Waals surface area contributed by atoms with E-state index in [0.717, 1.165) is 0 Å². The second kappa shape index (κ2) is 6.29. The number of amides is 1. The normalized spacial score (nSPS) is 18.7. The highest BCUT2D eigenvalue weighted by molar-refractivity contribution is 6.42. The number of aliphatic carboxylic acids is 1. The van der Waals surface area contributed by atoms with Gasteiger partial charge in [-0.2, -0.15) is 0 Å². The average Bonchev–Trinajstić information content (AvgIpc) is 2.89. The lowest BCUT2D eigenvalue weighted by atomic mass is 10.2. The fourth-order valence-corrected chi connectivity index (χ4v) is 2.56. The molecule has 1 aromatic rings. The van der Waals surface area contributed by atoms with Crippen molar-refractivity contribution in [2.45, 2.75) is 18.9 Å². The molecule has 0 radical (unpaired) electrons. The Morgan fingerprint density at radius 1 is 1.35 bits per heavy atom. The van der Waals surface area contributed by atoms with E-state index in [4.69, 9.17) is 28.3 Å². The molecule has 1 amide bonds. The van der Waals surface area contributed by atoms with Crippen LogP contribution in [0.3, 0.4) is 0 Å². The Labute approximate surface area is 126 Å². The van der Waals surface area contributed by atoms with E-state index < -0.39 is 12.0 Å². The van der Waals surface area contributed by atoms with Crippen LogP contribution in [0, 0.1) is 0 Å². The molecule has 1 N–H and O–H groups in total. The molecule has 1 saturated heterocycles. The molecule has 0 spiro atoms. The molecule has 1 aliphatic rings. The molecule has 1 aliphatic heterocycles. The van der Waals surface area contributed by atoms with Gasteiger partial charge in [-0.1, -0.05) is 35.3 Å². The summed E-state index contributed by atoms with van der Waals surface area (Å²) >= 11 is 11.9. The number of hydrogen-bond acceptors (Lipinski definition) is 2. The van der Waals surface area contributed by atoms with Crippen LogP contribution in [-0.2, 0) is 9.59 Å². The van der Waals surface area contributed by atoms with Crippen LogP contribution in [0.25, 0.3) is 6.08 Å². The summed E-state index contributed by atoms with van der Waals surface area (Å²) in [5.74, 6) is -1.30. The van der Waals surface area contributed by atoms with Gasteiger partial charge in [-0.05, 0) is 30.5 Å². The maximum Gasteiger partial charge on any atom is 0.326 e. The van der Waals surface area contributed by atoms with Gasteiger partial charge in [0.1, 0.15) is 6.04 Å². The van der Waals surface area contributed by atoms with Gasteiger partial charge in [0.05, 0.1) is 10.0 Å². The first-order valence-electron chi connectivity index (χ1n) is 6.16. The van der Waals surface area contributed by atoms with Crippen LogP contribution in [0.1, 0.15) is 18.4 Å². The summed E-state index contributed by atoms with van der Waals surface area (Å²) in [4.78, 5) is 24.4. The Morgan fingerprint density at radius 3 is 2.80 bits per heavy atom. The summed E-state index contributed by atoms with van der Waals surface area (Å²) < 4.78 is 0. The number of benzene rings is 1. The van der Waals surface area contributed by atoms with Gasteiger partial charge in [-0.3, -0.25) is 4.79 Å². The van der Waals surface area contributed by atoms with E-state index in [-0.39, 0.29) is 5.91 Å². The predicted octanol–water partition coefficient (Wildman–Crippen LogP) is 3.08. The highest BCUT2D eigenvalue weighted by Crippen LogP contribution is 2.26. The molecule has 106 valence electrons. The summed E-state index contributed by atoms with van der Waals surface area (Å²) in [5.41, 5.74) is 0.624. The summed E-state index contributed by atoms with van der Waals surface area (Å²) in [6, 6.07) is 4.39. The number of likely N-dealkylation sites (tertiary alicyclic amines) is 1. The van der Waals surface area contributed by atoms with Gasteiger partial charge in [-0.15, -0.1) is 0 Å². The molecular formula is C14H13Cl2NO3. The lowest BCUT2D eigenvalue weighted by molar-refractivity contribution is -0.146. The Kier molecular flexibility index (Phi) is 4.68. The first-order valence-corrected chi connectivity index (χ1v) is 6.92. The van der Waals surface area contributed by atoms with Crippen LogP contribution in [0.4, 0.5) is 0 Å². The van der Waals surface area contributed by atoms with Crippen LogP contribution in [0.2, 0.25) is 10.0 Å². The summed E-state index contributed by atoms with van der Waals surface area (Å²) in [6.07, 6.45) is 4.08. The number of hydrogen-bond donors (Lipinski definition) is 1. The number of carbonyl (C=O) groups excluding carboxylic acids is 1. The minimum atomic E-state index is -0.968. The average molecular weight is 314 g/mol. The van der Waals surface area contributed by atoms with Gasteiger partial charge in [-0.25, -0.2) is 4.79 Å². The summed E-state index contributed by atoms with van der Waals surface area (Å²) in [7, 11) is 0. The van der Waals surface area contributed by atoms with E-state index in [1.807, 2.05) is 0 Å². The van der Waals surface area contributed by atoms with Crippen molar-refractivity contribution in [3.05, 3.63) is 39.9 Å². The van der Waals surface area contributed by atoms with Crippen molar-refractivity contribution in [3.63, 3.8) is 0 Å². The van der Waals surface area contributed by atoms with Gasteiger partial charge in [0, 0.05) is 12.6 Å². The van der Waals surface area contributed by atoms with Gasteiger partial charge in [0.2, 0.25) is 5.91 Å². The zero-order chi connectivity index (χ0) is 14.7. The van der Waals surface area contributed by atoms with Gasteiger partial charge >= 0.3 is 5.97 Å². The number of halogens is 2. The van der Waals surface area contributed by atoms with E-state index in [1.165, 1.54) is 11.0 Å². The highest BCUT2D eigenvalue weighted by atomic mass is 35.5. The fourth-order valence-electron chi connectivity index (χ4n) is 2.19. The SMILES string of the molecule is O=C(O)C1CCCN1C(=O)/C=C/c1cccc(Cl)c1Cl. The van der Waals surface area contributed by atoms with E-state index in [9.17, 15) is 9.59 Å². The molecule has 0 bridgehead atoms. The Hall–Kier alpha value is -1.52. The smallest absolute Gasteiger partial charge is 0.326 e. The monoisotopic (exact) mass is 313 g/mol. The molecule has 1 atom stereocenters. The molecular weight excluding hydrogens is 301 g/mol. The van der Waals surface area contributed by atoms with E-state index in [2.05, 4.69) is 0 Å². The third-order valence-corrected chi connectivity index (χ3v) is 4.04. The van der Waals surface area contributed by atoms with Gasteiger partial charge < -0.3 is 10.0 Å².